The Labute approximate surface area is 151 Å². The lowest BCUT2D eigenvalue weighted by Gasteiger charge is -2.10. The molecule has 0 unspecified atom stereocenters. The number of alkyl halides is 6. The molecule has 0 saturated carbocycles. The predicted octanol–water partition coefficient (Wildman–Crippen LogP) is 4.77. The summed E-state index contributed by atoms with van der Waals surface area (Å²) >= 11 is 0.983. The largest absolute Gasteiger partial charge is 0.450 e. The molecule has 10 heteroatoms. The predicted molar refractivity (Wildman–Crippen MR) is 86.1 cm³/mol. The number of nitriles is 1. The first-order chi connectivity index (χ1) is 11.6. The van der Waals surface area contributed by atoms with Crippen molar-refractivity contribution in [3.63, 3.8) is 0 Å². The Morgan fingerprint density at radius 2 is 1.72 bits per heavy atom. The molecule has 0 N–H and O–H groups in total. The number of halogens is 6. The smallest absolute Gasteiger partial charge is 0.291 e. The molecule has 0 radical (unpaired) electrons. The lowest BCUT2D eigenvalue weighted by atomic mass is 10.1. The van der Waals surface area contributed by atoms with Crippen molar-refractivity contribution in [3.8, 4) is 17.3 Å². The van der Waals surface area contributed by atoms with Gasteiger partial charge in [-0.1, -0.05) is 24.3 Å². The standard InChI is InChI=1S/C15H6F5IN4/c16-14(17,18)13-24-10(5-22)12-6-23-11(7-25(12)13)8-1-3-9(4-2-8)15(19,20)21/h1-4,6-7H. The van der Waals surface area contributed by atoms with Gasteiger partial charge in [0.05, 0.1) is 11.9 Å². The molecule has 3 rings (SSSR count). The Morgan fingerprint density at radius 1 is 1.08 bits per heavy atom. The maximum atomic E-state index is 13.2. The van der Waals surface area contributed by atoms with Crippen LogP contribution in [0.25, 0.3) is 16.8 Å². The third-order valence-electron chi connectivity index (χ3n) is 3.39. The van der Waals surface area contributed by atoms with Gasteiger partial charge in [0.25, 0.3) is 0 Å². The van der Waals surface area contributed by atoms with Crippen LogP contribution in [-0.2, 0) is 10.1 Å². The van der Waals surface area contributed by atoms with E-state index in [0.29, 0.717) is 5.56 Å². The van der Waals surface area contributed by atoms with Crippen LogP contribution in [0.5, 0.6) is 0 Å². The Kier molecular flexibility index (Phi) is 4.14. The van der Waals surface area contributed by atoms with Crippen LogP contribution in [0.15, 0.2) is 36.7 Å². The lowest BCUT2D eigenvalue weighted by molar-refractivity contribution is -0.145. The van der Waals surface area contributed by atoms with E-state index in [1.54, 1.807) is 6.07 Å². The second-order valence-electron chi connectivity index (χ2n) is 5.00. The molecule has 128 valence electrons. The van der Waals surface area contributed by atoms with Crippen molar-refractivity contribution in [2.75, 3.05) is 0 Å². The molecular weight excluding hydrogens is 458 g/mol. The molecule has 1 aromatic carbocycles. The second kappa shape index (κ2) is 5.91. The molecule has 0 saturated heterocycles. The third kappa shape index (κ3) is 3.28. The van der Waals surface area contributed by atoms with Crippen LogP contribution in [0.4, 0.5) is 22.0 Å². The molecule has 25 heavy (non-hydrogen) atoms. The Hall–Kier alpha value is -2.29. The highest BCUT2D eigenvalue weighted by Crippen LogP contribution is 2.36. The number of nitrogens with zero attached hydrogens (tertiary/aromatic N) is 4. The highest BCUT2D eigenvalue weighted by molar-refractivity contribution is 14.1. The van der Waals surface area contributed by atoms with Crippen LogP contribution in [0.3, 0.4) is 0 Å². The van der Waals surface area contributed by atoms with Crippen molar-refractivity contribution in [3.05, 3.63) is 53.7 Å². The number of rotatable bonds is 2. The van der Waals surface area contributed by atoms with Crippen LogP contribution < -0.4 is 0 Å². The summed E-state index contributed by atoms with van der Waals surface area (Å²) in [4.78, 5) is 7.30. The molecule has 4 nitrogen and oxygen atoms in total. The molecule has 0 aliphatic rings. The quantitative estimate of drug-likeness (QED) is 0.312. The fourth-order valence-electron chi connectivity index (χ4n) is 2.25. The van der Waals surface area contributed by atoms with E-state index in [0.717, 1.165) is 39.4 Å². The monoisotopic (exact) mass is 464 g/mol. The summed E-state index contributed by atoms with van der Waals surface area (Å²) in [5, 5.41) is 8.92. The van der Waals surface area contributed by atoms with Gasteiger partial charge in [0.15, 0.2) is 5.69 Å². The molecule has 2 heterocycles. The van der Waals surface area contributed by atoms with Crippen LogP contribution >= 0.6 is 22.6 Å². The Balaban J connectivity index is 2.14. The third-order valence-corrected chi connectivity index (χ3v) is 4.02. The Bertz CT molecular complexity index is 981. The van der Waals surface area contributed by atoms with E-state index in [-0.39, 0.29) is 16.8 Å². The summed E-state index contributed by atoms with van der Waals surface area (Å²) < 4.78 is 63.4. The number of benzene rings is 1. The first-order valence-electron chi connectivity index (χ1n) is 6.64. The van der Waals surface area contributed by atoms with E-state index in [2.05, 4.69) is 9.97 Å². The average molecular weight is 464 g/mol. The van der Waals surface area contributed by atoms with Gasteiger partial charge < -0.3 is 0 Å². The maximum Gasteiger partial charge on any atom is 0.450 e. The summed E-state index contributed by atoms with van der Waals surface area (Å²) in [6.07, 6.45) is -2.59. The summed E-state index contributed by atoms with van der Waals surface area (Å²) in [6, 6.07) is 6.61. The minimum atomic E-state index is -4.76. The first-order valence-corrected chi connectivity index (χ1v) is 7.72. The molecule has 0 fully saturated rings. The fourth-order valence-corrected chi connectivity index (χ4v) is 2.61. The first kappa shape index (κ1) is 17.5. The van der Waals surface area contributed by atoms with Crippen molar-refractivity contribution in [2.24, 2.45) is 0 Å². The van der Waals surface area contributed by atoms with Gasteiger partial charge in [-0.3, -0.25) is 9.38 Å². The van der Waals surface area contributed by atoms with Crippen LogP contribution in [0.1, 0.15) is 17.1 Å². The summed E-state index contributed by atoms with van der Waals surface area (Å²) in [6.45, 7) is 0. The number of hydrogen-bond donors (Lipinski definition) is 0. The van der Waals surface area contributed by atoms with Gasteiger partial charge in [-0.25, -0.2) is 4.98 Å². The summed E-state index contributed by atoms with van der Waals surface area (Å²) in [5.41, 5.74) is -0.238. The summed E-state index contributed by atoms with van der Waals surface area (Å²) in [5.74, 6) is -1.25. The molecular formula is C15H6F5IN4. The van der Waals surface area contributed by atoms with Gasteiger partial charge in [0, 0.05) is 39.9 Å². The number of hydrogen-bond acceptors (Lipinski definition) is 3. The topological polar surface area (TPSA) is 54.0 Å². The molecule has 0 amide bonds. The van der Waals surface area contributed by atoms with E-state index >= 15 is 0 Å². The summed E-state index contributed by atoms with van der Waals surface area (Å²) in [7, 11) is 0. The minimum Gasteiger partial charge on any atom is -0.291 e. The molecule has 0 atom stereocenters. The molecule has 2 aromatic heterocycles. The van der Waals surface area contributed by atoms with Gasteiger partial charge in [0.2, 0.25) is 5.82 Å². The van der Waals surface area contributed by atoms with E-state index < -0.39 is 21.6 Å². The van der Waals surface area contributed by atoms with Crippen molar-refractivity contribution >= 4 is 28.1 Å². The zero-order valence-electron chi connectivity index (χ0n) is 12.0. The number of fused-ring (bicyclic) bond motifs is 1. The second-order valence-corrected chi connectivity index (χ2v) is 6.35. The fraction of sp³-hybridized carbons (Fsp3) is 0.133. The zero-order chi connectivity index (χ0) is 18.4. The molecule has 3 aromatic rings. The number of imidazole rings is 1. The van der Waals surface area contributed by atoms with Crippen molar-refractivity contribution < 1.29 is 22.0 Å². The van der Waals surface area contributed by atoms with Gasteiger partial charge in [-0.2, -0.15) is 27.2 Å². The zero-order valence-corrected chi connectivity index (χ0v) is 14.2. The highest BCUT2D eigenvalue weighted by atomic mass is 127. The molecule has 0 bridgehead atoms. The average Bonchev–Trinajstić information content (AvgIpc) is 2.92. The van der Waals surface area contributed by atoms with E-state index in [1.807, 2.05) is 0 Å². The van der Waals surface area contributed by atoms with Crippen molar-refractivity contribution in [1.29, 1.82) is 5.26 Å². The Morgan fingerprint density at radius 3 is 2.24 bits per heavy atom. The van der Waals surface area contributed by atoms with Gasteiger partial charge in [-0.05, 0) is 0 Å². The van der Waals surface area contributed by atoms with E-state index in [1.165, 1.54) is 24.3 Å². The van der Waals surface area contributed by atoms with Crippen LogP contribution in [-0.4, -0.2) is 14.4 Å². The van der Waals surface area contributed by atoms with Crippen molar-refractivity contribution in [2.45, 2.75) is 10.1 Å². The lowest BCUT2D eigenvalue weighted by Crippen LogP contribution is -2.11. The molecule has 0 spiro atoms. The van der Waals surface area contributed by atoms with Crippen LogP contribution in [0, 0.1) is 11.3 Å². The van der Waals surface area contributed by atoms with E-state index in [4.69, 9.17) is 5.26 Å². The van der Waals surface area contributed by atoms with Gasteiger partial charge >= 0.3 is 10.1 Å². The number of aromatic nitrogens is 3. The highest BCUT2D eigenvalue weighted by Gasteiger charge is 2.37. The normalized spacial score (nSPS) is 12.4. The molecule has 0 aliphatic heterocycles. The van der Waals surface area contributed by atoms with Gasteiger partial charge in [0.1, 0.15) is 11.6 Å². The van der Waals surface area contributed by atoms with Gasteiger partial charge in [-0.15, -0.1) is 0 Å². The molecule has 0 aliphatic carbocycles. The van der Waals surface area contributed by atoms with E-state index in [9.17, 15) is 22.0 Å². The maximum absolute atomic E-state index is 13.2. The van der Waals surface area contributed by atoms with Crippen LogP contribution in [0.2, 0.25) is 0 Å². The van der Waals surface area contributed by atoms with Crippen molar-refractivity contribution in [1.82, 2.24) is 14.4 Å². The SMILES string of the molecule is N#Cc1nc(C(F)(F)F)n2cc(-c3ccc(C(F)(F)I)cc3)ncc12. The minimum absolute atomic E-state index is 0.0889.